The third-order valence-electron chi connectivity index (χ3n) is 5.46. The molecule has 0 saturated carbocycles. The average molecular weight is 474 g/mol. The summed E-state index contributed by atoms with van der Waals surface area (Å²) >= 11 is 0.858. The number of nitrogens with zero attached hydrogens (tertiary/aromatic N) is 1. The lowest BCUT2D eigenvalue weighted by atomic mass is 10.1. The maximum Gasteiger partial charge on any atom is 0.343 e. The van der Waals surface area contributed by atoms with Crippen molar-refractivity contribution in [2.75, 3.05) is 7.11 Å². The van der Waals surface area contributed by atoms with Gasteiger partial charge in [-0.25, -0.2) is 4.79 Å². The van der Waals surface area contributed by atoms with E-state index in [1.54, 1.807) is 36.4 Å². The fourth-order valence-electron chi connectivity index (χ4n) is 3.49. The number of carbonyl (C=O) groups is 3. The van der Waals surface area contributed by atoms with Crippen LogP contribution >= 0.6 is 11.8 Å². The van der Waals surface area contributed by atoms with Crippen LogP contribution in [0.3, 0.4) is 0 Å². The molecule has 172 valence electrons. The fraction of sp³-hybridized carbons (Fsp3) is 0.148. The number of carbonyl (C=O) groups excluding carboxylic acids is 3. The molecular formula is C27H23NO5S. The molecule has 3 aromatic carbocycles. The molecule has 1 saturated heterocycles. The van der Waals surface area contributed by atoms with Crippen LogP contribution in [0.15, 0.2) is 71.6 Å². The molecule has 1 fully saturated rings. The van der Waals surface area contributed by atoms with Gasteiger partial charge in [-0.3, -0.25) is 14.5 Å². The number of rotatable bonds is 6. The van der Waals surface area contributed by atoms with Gasteiger partial charge in [0.2, 0.25) is 0 Å². The van der Waals surface area contributed by atoms with Crippen molar-refractivity contribution in [3.63, 3.8) is 0 Å². The van der Waals surface area contributed by atoms with Crippen LogP contribution in [-0.2, 0) is 11.3 Å². The Labute approximate surface area is 202 Å². The summed E-state index contributed by atoms with van der Waals surface area (Å²) in [5.74, 6) is -0.418. The van der Waals surface area contributed by atoms with Crippen molar-refractivity contribution >= 4 is 35.0 Å². The van der Waals surface area contributed by atoms with E-state index >= 15 is 0 Å². The summed E-state index contributed by atoms with van der Waals surface area (Å²) in [5.41, 5.74) is 3.78. The lowest BCUT2D eigenvalue weighted by Crippen LogP contribution is -2.27. The molecule has 1 heterocycles. The van der Waals surface area contributed by atoms with E-state index in [-0.39, 0.29) is 22.4 Å². The highest BCUT2D eigenvalue weighted by atomic mass is 32.2. The van der Waals surface area contributed by atoms with Gasteiger partial charge >= 0.3 is 5.97 Å². The zero-order valence-corrected chi connectivity index (χ0v) is 19.8. The summed E-state index contributed by atoms with van der Waals surface area (Å²) in [6, 6.07) is 19.7. The molecule has 34 heavy (non-hydrogen) atoms. The standard InChI is InChI=1S/C27H23NO5S/c1-17-11-13-19(14-12-17)26(30)33-24-20(9-6-10-22(24)32-3)15-23-25(29)28(27(31)34-23)16-21-8-5-4-7-18(21)2/h4-15H,16H2,1-3H3/b23-15-. The highest BCUT2D eigenvalue weighted by Gasteiger charge is 2.35. The monoisotopic (exact) mass is 473 g/mol. The molecule has 1 aliphatic heterocycles. The molecule has 0 N–H and O–H groups in total. The molecule has 0 aliphatic carbocycles. The summed E-state index contributed by atoms with van der Waals surface area (Å²) in [6.45, 7) is 4.07. The number of ether oxygens (including phenoxy) is 2. The average Bonchev–Trinajstić information content (AvgIpc) is 3.09. The molecule has 6 nitrogen and oxygen atoms in total. The molecule has 0 atom stereocenters. The minimum absolute atomic E-state index is 0.182. The van der Waals surface area contributed by atoms with E-state index in [1.807, 2.05) is 50.2 Å². The largest absolute Gasteiger partial charge is 0.493 e. The molecule has 0 unspecified atom stereocenters. The molecule has 0 radical (unpaired) electrons. The Morgan fingerprint density at radius 1 is 0.971 bits per heavy atom. The van der Waals surface area contributed by atoms with Crippen LogP contribution in [0.4, 0.5) is 4.79 Å². The summed E-state index contributed by atoms with van der Waals surface area (Å²) in [7, 11) is 1.47. The van der Waals surface area contributed by atoms with Gasteiger partial charge in [0.25, 0.3) is 11.1 Å². The minimum Gasteiger partial charge on any atom is -0.493 e. The highest BCUT2D eigenvalue weighted by Crippen LogP contribution is 2.38. The van der Waals surface area contributed by atoms with E-state index in [9.17, 15) is 14.4 Å². The van der Waals surface area contributed by atoms with Gasteiger partial charge < -0.3 is 9.47 Å². The Kier molecular flexibility index (Phi) is 6.84. The second-order valence-corrected chi connectivity index (χ2v) is 8.82. The van der Waals surface area contributed by atoms with E-state index < -0.39 is 11.9 Å². The molecular weight excluding hydrogens is 450 g/mol. The Morgan fingerprint density at radius 2 is 1.71 bits per heavy atom. The Balaban J connectivity index is 1.63. The topological polar surface area (TPSA) is 72.9 Å². The zero-order valence-electron chi connectivity index (χ0n) is 19.0. The van der Waals surface area contributed by atoms with Crippen molar-refractivity contribution in [3.05, 3.63) is 99.5 Å². The van der Waals surface area contributed by atoms with Gasteiger partial charge in [-0.05, 0) is 61.0 Å². The Hall–Kier alpha value is -3.84. The number of benzene rings is 3. The first kappa shape index (κ1) is 23.3. The Bertz CT molecular complexity index is 1300. The lowest BCUT2D eigenvalue weighted by Gasteiger charge is -2.14. The number of esters is 1. The second-order valence-electron chi connectivity index (χ2n) is 7.83. The summed E-state index contributed by atoms with van der Waals surface area (Å²) < 4.78 is 11.1. The van der Waals surface area contributed by atoms with Crippen LogP contribution in [0.1, 0.15) is 32.6 Å². The van der Waals surface area contributed by atoms with Crippen molar-refractivity contribution < 1.29 is 23.9 Å². The van der Waals surface area contributed by atoms with E-state index in [4.69, 9.17) is 9.47 Å². The quantitative estimate of drug-likeness (QED) is 0.257. The van der Waals surface area contributed by atoms with Crippen LogP contribution in [0.5, 0.6) is 11.5 Å². The molecule has 3 aromatic rings. The van der Waals surface area contributed by atoms with Crippen LogP contribution in [0.25, 0.3) is 6.08 Å². The van der Waals surface area contributed by atoms with Crippen molar-refractivity contribution in [2.24, 2.45) is 0 Å². The first-order valence-corrected chi connectivity index (χ1v) is 11.4. The van der Waals surface area contributed by atoms with Gasteiger partial charge in [-0.2, -0.15) is 0 Å². The zero-order chi connectivity index (χ0) is 24.2. The van der Waals surface area contributed by atoms with Crippen LogP contribution in [0.2, 0.25) is 0 Å². The molecule has 0 bridgehead atoms. The van der Waals surface area contributed by atoms with Gasteiger partial charge in [-0.1, -0.05) is 54.1 Å². The second kappa shape index (κ2) is 9.97. The molecule has 0 aromatic heterocycles. The van der Waals surface area contributed by atoms with Gasteiger partial charge in [0.15, 0.2) is 11.5 Å². The predicted molar refractivity (Wildman–Crippen MR) is 132 cm³/mol. The molecule has 7 heteroatoms. The van der Waals surface area contributed by atoms with Crippen molar-refractivity contribution in [2.45, 2.75) is 20.4 Å². The number of thioether (sulfide) groups is 1. The first-order chi connectivity index (χ1) is 16.4. The van der Waals surface area contributed by atoms with Gasteiger partial charge in [-0.15, -0.1) is 0 Å². The maximum atomic E-state index is 13.1. The van der Waals surface area contributed by atoms with Crippen LogP contribution < -0.4 is 9.47 Å². The van der Waals surface area contributed by atoms with Crippen LogP contribution in [0, 0.1) is 13.8 Å². The number of hydrogen-bond acceptors (Lipinski definition) is 6. The predicted octanol–water partition coefficient (Wildman–Crippen LogP) is 5.77. The smallest absolute Gasteiger partial charge is 0.343 e. The maximum absolute atomic E-state index is 13.1. The van der Waals surface area contributed by atoms with Gasteiger partial charge in [0, 0.05) is 5.56 Å². The molecule has 4 rings (SSSR count). The molecule has 0 spiro atoms. The number of methoxy groups -OCH3 is 1. The van der Waals surface area contributed by atoms with Crippen molar-refractivity contribution in [3.8, 4) is 11.5 Å². The SMILES string of the molecule is COc1cccc(/C=C2\SC(=O)N(Cc3ccccc3C)C2=O)c1OC(=O)c1ccc(C)cc1. The summed E-state index contributed by atoms with van der Waals surface area (Å²) in [4.78, 5) is 39.9. The number of imide groups is 1. The number of hydrogen-bond donors (Lipinski definition) is 0. The number of amides is 2. The van der Waals surface area contributed by atoms with Gasteiger partial charge in [0.05, 0.1) is 24.1 Å². The van der Waals surface area contributed by atoms with E-state index in [1.165, 1.54) is 12.0 Å². The summed E-state index contributed by atoms with van der Waals surface area (Å²) in [6.07, 6.45) is 1.56. The van der Waals surface area contributed by atoms with E-state index in [2.05, 4.69) is 0 Å². The normalized spacial score (nSPS) is 14.6. The Morgan fingerprint density at radius 3 is 2.41 bits per heavy atom. The first-order valence-electron chi connectivity index (χ1n) is 10.6. The van der Waals surface area contributed by atoms with Gasteiger partial charge in [0.1, 0.15) is 0 Å². The van der Waals surface area contributed by atoms with Crippen molar-refractivity contribution in [1.29, 1.82) is 0 Å². The minimum atomic E-state index is -0.549. The summed E-state index contributed by atoms with van der Waals surface area (Å²) in [5, 5.41) is -0.347. The van der Waals surface area contributed by atoms with E-state index in [0.29, 0.717) is 16.9 Å². The fourth-order valence-corrected chi connectivity index (χ4v) is 4.32. The number of para-hydroxylation sites is 1. The molecule has 2 amide bonds. The third-order valence-corrected chi connectivity index (χ3v) is 6.37. The molecule has 1 aliphatic rings. The van der Waals surface area contributed by atoms with Crippen LogP contribution in [-0.4, -0.2) is 29.1 Å². The lowest BCUT2D eigenvalue weighted by molar-refractivity contribution is -0.123. The van der Waals surface area contributed by atoms with Crippen molar-refractivity contribution in [1.82, 2.24) is 4.90 Å². The highest BCUT2D eigenvalue weighted by molar-refractivity contribution is 8.18. The number of aryl methyl sites for hydroxylation is 2. The third kappa shape index (κ3) is 4.89. The van der Waals surface area contributed by atoms with E-state index in [0.717, 1.165) is 28.5 Å².